The average Bonchev–Trinajstić information content (AvgIpc) is 3.28. The number of benzene rings is 2. The number of methoxy groups -OCH3 is 1. The Bertz CT molecular complexity index is 1320. The van der Waals surface area contributed by atoms with Crippen LogP contribution in [0.1, 0.15) is 44.9 Å². The van der Waals surface area contributed by atoms with Crippen LogP contribution in [0.4, 0.5) is 4.79 Å². The van der Waals surface area contributed by atoms with E-state index in [1.807, 2.05) is 69.3 Å². The van der Waals surface area contributed by atoms with Crippen molar-refractivity contribution in [2.45, 2.75) is 33.6 Å². The van der Waals surface area contributed by atoms with E-state index in [-0.39, 0.29) is 11.1 Å². The van der Waals surface area contributed by atoms with E-state index in [9.17, 15) is 14.4 Å². The monoisotopic (exact) mass is 488 g/mol. The summed E-state index contributed by atoms with van der Waals surface area (Å²) < 4.78 is 6.93. The van der Waals surface area contributed by atoms with Gasteiger partial charge in [0.05, 0.1) is 17.6 Å². The van der Waals surface area contributed by atoms with Crippen LogP contribution in [0.5, 0.6) is 0 Å². The Morgan fingerprint density at radius 3 is 2.49 bits per heavy atom. The van der Waals surface area contributed by atoms with Crippen LogP contribution in [0.2, 0.25) is 0 Å². The van der Waals surface area contributed by atoms with Crippen molar-refractivity contribution < 1.29 is 19.1 Å². The van der Waals surface area contributed by atoms with E-state index >= 15 is 0 Å². The van der Waals surface area contributed by atoms with E-state index in [0.29, 0.717) is 17.0 Å². The highest BCUT2D eigenvalue weighted by molar-refractivity contribution is 8.18. The Morgan fingerprint density at radius 1 is 1.03 bits per heavy atom. The highest BCUT2D eigenvalue weighted by Crippen LogP contribution is 2.34. The third-order valence-electron chi connectivity index (χ3n) is 6.19. The summed E-state index contributed by atoms with van der Waals surface area (Å²) in [4.78, 5) is 39.4. The van der Waals surface area contributed by atoms with Gasteiger partial charge in [-0.05, 0) is 86.3 Å². The van der Waals surface area contributed by atoms with Gasteiger partial charge in [-0.15, -0.1) is 0 Å². The molecule has 7 heteroatoms. The molecule has 35 heavy (non-hydrogen) atoms. The topological polar surface area (TPSA) is 68.6 Å². The zero-order chi connectivity index (χ0) is 25.1. The largest absolute Gasteiger partial charge is 0.465 e. The van der Waals surface area contributed by atoms with Crippen molar-refractivity contribution >= 4 is 35.0 Å². The standard InChI is InChI=1S/C28H28N2O4S/c1-18-12-13-22(27(32)34-4)16-24(18)30-19(2)15-23(20(30)3)17-25-26(31)29(28(33)35-25)14-8-11-21-9-6-5-7-10-21/h5-7,9-10,12-13,15-17H,8,11,14H2,1-4H3/b25-17+. The quantitative estimate of drug-likeness (QED) is 0.308. The third kappa shape index (κ3) is 5.10. The molecule has 4 rings (SSSR count). The van der Waals surface area contributed by atoms with Crippen LogP contribution in [-0.2, 0) is 16.0 Å². The predicted octanol–water partition coefficient (Wildman–Crippen LogP) is 5.86. The third-order valence-corrected chi connectivity index (χ3v) is 7.10. The first-order valence-corrected chi connectivity index (χ1v) is 12.3. The summed E-state index contributed by atoms with van der Waals surface area (Å²) in [6.07, 6.45) is 3.33. The zero-order valence-corrected chi connectivity index (χ0v) is 21.1. The van der Waals surface area contributed by atoms with Crippen molar-refractivity contribution in [2.24, 2.45) is 0 Å². The summed E-state index contributed by atoms with van der Waals surface area (Å²) in [5, 5.41) is -0.232. The molecule has 2 heterocycles. The second-order valence-corrected chi connectivity index (χ2v) is 9.57. The molecule has 0 N–H and O–H groups in total. The van der Waals surface area contributed by atoms with Crippen molar-refractivity contribution in [2.75, 3.05) is 13.7 Å². The summed E-state index contributed by atoms with van der Waals surface area (Å²) in [5.74, 6) is -0.642. The Hall–Kier alpha value is -3.58. The van der Waals surface area contributed by atoms with Gasteiger partial charge in [0, 0.05) is 23.6 Å². The normalized spacial score (nSPS) is 14.7. The summed E-state index contributed by atoms with van der Waals surface area (Å²) >= 11 is 0.983. The number of aryl methyl sites for hydroxylation is 3. The number of rotatable bonds is 7. The lowest BCUT2D eigenvalue weighted by molar-refractivity contribution is -0.122. The number of imide groups is 1. The molecule has 6 nitrogen and oxygen atoms in total. The van der Waals surface area contributed by atoms with Crippen LogP contribution in [0.3, 0.4) is 0 Å². The molecule has 1 fully saturated rings. The first kappa shape index (κ1) is 24.5. The summed E-state index contributed by atoms with van der Waals surface area (Å²) in [7, 11) is 1.36. The molecule has 2 amide bonds. The van der Waals surface area contributed by atoms with Gasteiger partial charge in [-0.1, -0.05) is 36.4 Å². The summed E-state index contributed by atoms with van der Waals surface area (Å²) in [6, 6.07) is 17.5. The second-order valence-electron chi connectivity index (χ2n) is 8.58. The molecule has 0 aliphatic carbocycles. The minimum Gasteiger partial charge on any atom is -0.465 e. The van der Waals surface area contributed by atoms with Crippen molar-refractivity contribution in [3.8, 4) is 5.69 Å². The van der Waals surface area contributed by atoms with Crippen LogP contribution in [0.15, 0.2) is 59.5 Å². The lowest BCUT2D eigenvalue weighted by Gasteiger charge is -2.14. The minimum absolute atomic E-state index is 0.232. The molecule has 0 unspecified atom stereocenters. The van der Waals surface area contributed by atoms with E-state index in [2.05, 4.69) is 4.57 Å². The molecular weight excluding hydrogens is 460 g/mol. The van der Waals surface area contributed by atoms with E-state index in [4.69, 9.17) is 4.74 Å². The predicted molar refractivity (Wildman–Crippen MR) is 139 cm³/mol. The first-order valence-electron chi connectivity index (χ1n) is 11.5. The highest BCUT2D eigenvalue weighted by atomic mass is 32.2. The number of carbonyl (C=O) groups excluding carboxylic acids is 3. The fourth-order valence-corrected chi connectivity index (χ4v) is 5.18. The SMILES string of the molecule is COC(=O)c1ccc(C)c(-n2c(C)cc(/C=C3/SC(=O)N(CCCc4ccccc4)C3=O)c2C)c1. The number of amides is 2. The van der Waals surface area contributed by atoms with Gasteiger partial charge in [0.15, 0.2) is 0 Å². The Kier molecular flexibility index (Phi) is 7.26. The van der Waals surface area contributed by atoms with Gasteiger partial charge >= 0.3 is 5.97 Å². The lowest BCUT2D eigenvalue weighted by atomic mass is 10.1. The molecule has 0 radical (unpaired) electrons. The molecule has 0 saturated carbocycles. The van der Waals surface area contributed by atoms with Crippen LogP contribution >= 0.6 is 11.8 Å². The van der Waals surface area contributed by atoms with Crippen molar-refractivity contribution in [3.63, 3.8) is 0 Å². The second kappa shape index (κ2) is 10.4. The Labute approximate surface area is 209 Å². The molecular formula is C28H28N2O4S. The summed E-state index contributed by atoms with van der Waals surface area (Å²) in [5.41, 5.74) is 6.28. The molecule has 0 spiro atoms. The maximum absolute atomic E-state index is 13.0. The number of aromatic nitrogens is 1. The molecule has 1 aliphatic rings. The first-order chi connectivity index (χ1) is 16.8. The molecule has 180 valence electrons. The van der Waals surface area contributed by atoms with Gasteiger partial charge in [-0.25, -0.2) is 4.79 Å². The Balaban J connectivity index is 1.56. The minimum atomic E-state index is -0.394. The number of hydrogen-bond acceptors (Lipinski definition) is 5. The zero-order valence-electron chi connectivity index (χ0n) is 20.3. The number of nitrogens with zero attached hydrogens (tertiary/aromatic N) is 2. The number of thioether (sulfide) groups is 1. The van der Waals surface area contributed by atoms with Gasteiger partial charge in [0.2, 0.25) is 0 Å². The molecule has 2 aromatic carbocycles. The highest BCUT2D eigenvalue weighted by Gasteiger charge is 2.34. The molecule has 1 saturated heterocycles. The smallest absolute Gasteiger partial charge is 0.337 e. The van der Waals surface area contributed by atoms with Gasteiger partial charge in [0.25, 0.3) is 11.1 Å². The molecule has 0 bridgehead atoms. The van der Waals surface area contributed by atoms with Crippen molar-refractivity contribution in [1.82, 2.24) is 9.47 Å². The number of carbonyl (C=O) groups is 3. The van der Waals surface area contributed by atoms with E-state index in [0.717, 1.165) is 52.8 Å². The number of esters is 1. The van der Waals surface area contributed by atoms with Crippen LogP contribution in [0, 0.1) is 20.8 Å². The molecule has 0 atom stereocenters. The maximum Gasteiger partial charge on any atom is 0.337 e. The summed E-state index contributed by atoms with van der Waals surface area (Å²) in [6.45, 7) is 6.32. The van der Waals surface area contributed by atoms with Crippen LogP contribution < -0.4 is 0 Å². The van der Waals surface area contributed by atoms with Gasteiger partial charge < -0.3 is 9.30 Å². The van der Waals surface area contributed by atoms with E-state index in [1.165, 1.54) is 17.6 Å². The molecule has 1 aliphatic heterocycles. The van der Waals surface area contributed by atoms with Gasteiger partial charge in [-0.2, -0.15) is 0 Å². The molecule has 3 aromatic rings. The average molecular weight is 489 g/mol. The van der Waals surface area contributed by atoms with Gasteiger partial charge in [-0.3, -0.25) is 14.5 Å². The lowest BCUT2D eigenvalue weighted by Crippen LogP contribution is -2.29. The van der Waals surface area contributed by atoms with Crippen LogP contribution in [0.25, 0.3) is 11.8 Å². The van der Waals surface area contributed by atoms with Crippen molar-refractivity contribution in [3.05, 3.63) is 93.1 Å². The number of hydrogen-bond donors (Lipinski definition) is 0. The van der Waals surface area contributed by atoms with E-state index in [1.54, 1.807) is 12.1 Å². The molecule has 1 aromatic heterocycles. The van der Waals surface area contributed by atoms with Crippen molar-refractivity contribution in [1.29, 1.82) is 0 Å². The Morgan fingerprint density at radius 2 is 1.77 bits per heavy atom. The van der Waals surface area contributed by atoms with E-state index < -0.39 is 5.97 Å². The fourth-order valence-electron chi connectivity index (χ4n) is 4.32. The number of ether oxygens (including phenoxy) is 1. The maximum atomic E-state index is 13.0. The van der Waals surface area contributed by atoms with Gasteiger partial charge in [0.1, 0.15) is 0 Å². The fraction of sp³-hybridized carbons (Fsp3) is 0.250. The van der Waals surface area contributed by atoms with Crippen LogP contribution in [-0.4, -0.2) is 40.2 Å².